The van der Waals surface area contributed by atoms with Crippen molar-refractivity contribution in [2.45, 2.75) is 31.1 Å². The van der Waals surface area contributed by atoms with E-state index in [1.165, 1.54) is 36.4 Å². The zero-order valence-corrected chi connectivity index (χ0v) is 25.2. The number of amides is 3. The number of benzene rings is 3. The Morgan fingerprint density at radius 2 is 1.67 bits per heavy atom. The maximum atomic E-state index is 13.5. The molecule has 0 aromatic heterocycles. The third kappa shape index (κ3) is 7.13. The lowest BCUT2D eigenvalue weighted by atomic mass is 10.0. The van der Waals surface area contributed by atoms with Crippen molar-refractivity contribution in [1.82, 2.24) is 4.90 Å². The fourth-order valence-electron chi connectivity index (χ4n) is 4.36. The third-order valence-electron chi connectivity index (χ3n) is 6.67. The number of methoxy groups -OCH3 is 3. The van der Waals surface area contributed by atoms with Crippen LogP contribution in [0.3, 0.4) is 0 Å². The number of ether oxygens (including phenoxy) is 3. The van der Waals surface area contributed by atoms with Gasteiger partial charge in [-0.25, -0.2) is 0 Å². The fraction of sp³-hybridized carbons (Fsp3) is 0.281. The summed E-state index contributed by atoms with van der Waals surface area (Å²) >= 11 is 1.17. The van der Waals surface area contributed by atoms with Crippen LogP contribution in [-0.4, -0.2) is 57.1 Å². The molecule has 9 nitrogen and oxygen atoms in total. The number of carbonyl (C=O) groups is 3. The highest BCUT2D eigenvalue weighted by atomic mass is 32.2. The molecule has 10 heteroatoms. The number of carbonyl (C=O) groups excluding carboxylic acids is 3. The maximum Gasteiger partial charge on any atom is 0.278 e. The van der Waals surface area contributed by atoms with Crippen LogP contribution in [0.2, 0.25) is 0 Å². The van der Waals surface area contributed by atoms with Crippen LogP contribution in [0.1, 0.15) is 42.1 Å². The standard InChI is InChI=1S/C32H35N3O6S/c1-20(2)21-10-12-22(13-11-21)33-28-29(32(38)35(31(28)37)16-7-17-39-3)42-25-9-6-8-23(18-25)34-30(36)26-15-14-24(40-4)19-27(26)41-5/h6,8-15,18-20,33H,7,16-17H2,1-5H3,(H,34,36). The normalized spacial score (nSPS) is 13.1. The highest BCUT2D eigenvalue weighted by molar-refractivity contribution is 8.04. The number of nitrogens with one attached hydrogen (secondary N) is 2. The van der Waals surface area contributed by atoms with Crippen LogP contribution >= 0.6 is 11.8 Å². The molecule has 0 saturated heterocycles. The van der Waals surface area contributed by atoms with E-state index in [0.717, 1.165) is 0 Å². The molecule has 1 aliphatic rings. The SMILES string of the molecule is COCCCN1C(=O)C(Nc2ccc(C(C)C)cc2)=C(Sc2cccc(NC(=O)c3ccc(OC)cc3OC)c2)C1=O. The lowest BCUT2D eigenvalue weighted by Gasteiger charge is -2.15. The van der Waals surface area contributed by atoms with Crippen molar-refractivity contribution in [3.05, 3.63) is 88.5 Å². The molecule has 0 unspecified atom stereocenters. The summed E-state index contributed by atoms with van der Waals surface area (Å²) in [7, 11) is 4.61. The molecule has 0 bridgehead atoms. The molecule has 42 heavy (non-hydrogen) atoms. The number of rotatable bonds is 13. The van der Waals surface area contributed by atoms with E-state index in [2.05, 4.69) is 24.5 Å². The summed E-state index contributed by atoms with van der Waals surface area (Å²) in [6.07, 6.45) is 0.526. The molecule has 3 aromatic rings. The number of thioether (sulfide) groups is 1. The van der Waals surface area contributed by atoms with E-state index in [4.69, 9.17) is 14.2 Å². The Morgan fingerprint density at radius 1 is 0.905 bits per heavy atom. The summed E-state index contributed by atoms with van der Waals surface area (Å²) in [5.41, 5.74) is 2.97. The van der Waals surface area contributed by atoms with Crippen LogP contribution in [0.5, 0.6) is 11.5 Å². The van der Waals surface area contributed by atoms with Crippen molar-refractivity contribution in [1.29, 1.82) is 0 Å². The summed E-state index contributed by atoms with van der Waals surface area (Å²) < 4.78 is 15.7. The monoisotopic (exact) mass is 589 g/mol. The molecule has 0 saturated carbocycles. The molecular weight excluding hydrogens is 554 g/mol. The largest absolute Gasteiger partial charge is 0.497 e. The van der Waals surface area contributed by atoms with E-state index >= 15 is 0 Å². The lowest BCUT2D eigenvalue weighted by molar-refractivity contribution is -0.137. The van der Waals surface area contributed by atoms with Gasteiger partial charge in [-0.05, 0) is 60.4 Å². The first-order chi connectivity index (χ1) is 20.2. The number of nitrogens with zero attached hydrogens (tertiary/aromatic N) is 1. The van der Waals surface area contributed by atoms with Crippen molar-refractivity contribution < 1.29 is 28.6 Å². The van der Waals surface area contributed by atoms with Crippen molar-refractivity contribution in [2.75, 3.05) is 45.1 Å². The Hall–Kier alpha value is -4.28. The molecule has 0 atom stereocenters. The Morgan fingerprint density at radius 3 is 2.33 bits per heavy atom. The van der Waals surface area contributed by atoms with Gasteiger partial charge in [-0.15, -0.1) is 0 Å². The number of anilines is 2. The predicted octanol–water partition coefficient (Wildman–Crippen LogP) is 5.90. The Bertz CT molecular complexity index is 1490. The van der Waals surface area contributed by atoms with E-state index in [1.807, 2.05) is 30.3 Å². The zero-order chi connectivity index (χ0) is 30.2. The molecule has 0 fully saturated rings. The summed E-state index contributed by atoms with van der Waals surface area (Å²) in [5, 5.41) is 6.07. The summed E-state index contributed by atoms with van der Waals surface area (Å²) in [6, 6.07) is 19.9. The van der Waals surface area contributed by atoms with E-state index in [-0.39, 0.29) is 34.9 Å². The second kappa shape index (κ2) is 14.1. The van der Waals surface area contributed by atoms with Gasteiger partial charge in [0.25, 0.3) is 17.7 Å². The van der Waals surface area contributed by atoms with E-state index < -0.39 is 0 Å². The van der Waals surface area contributed by atoms with Crippen LogP contribution in [0.15, 0.2) is 82.2 Å². The molecule has 220 valence electrons. The van der Waals surface area contributed by atoms with Crippen LogP contribution in [0.4, 0.5) is 11.4 Å². The Kier molecular flexibility index (Phi) is 10.3. The first-order valence-corrected chi connectivity index (χ1v) is 14.3. The van der Waals surface area contributed by atoms with Gasteiger partial charge in [0.2, 0.25) is 0 Å². The zero-order valence-electron chi connectivity index (χ0n) is 24.4. The van der Waals surface area contributed by atoms with Crippen molar-refractivity contribution in [3.63, 3.8) is 0 Å². The summed E-state index contributed by atoms with van der Waals surface area (Å²) in [4.78, 5) is 42.2. The van der Waals surface area contributed by atoms with Gasteiger partial charge in [0, 0.05) is 42.6 Å². The minimum atomic E-state index is -0.386. The molecule has 3 aromatic carbocycles. The van der Waals surface area contributed by atoms with Crippen molar-refractivity contribution in [3.8, 4) is 11.5 Å². The van der Waals surface area contributed by atoms with Gasteiger partial charge in [-0.1, -0.05) is 43.8 Å². The Balaban J connectivity index is 1.59. The molecule has 2 N–H and O–H groups in total. The Labute approximate surface area is 250 Å². The van der Waals surface area contributed by atoms with Gasteiger partial charge < -0.3 is 24.8 Å². The fourth-order valence-corrected chi connectivity index (χ4v) is 5.37. The second-order valence-electron chi connectivity index (χ2n) is 9.86. The third-order valence-corrected chi connectivity index (χ3v) is 7.74. The average Bonchev–Trinajstić information content (AvgIpc) is 3.20. The molecule has 1 heterocycles. The summed E-state index contributed by atoms with van der Waals surface area (Å²) in [5.74, 6) is 0.196. The van der Waals surface area contributed by atoms with E-state index in [0.29, 0.717) is 52.3 Å². The average molecular weight is 590 g/mol. The number of imide groups is 1. The molecule has 1 aliphatic heterocycles. The first kappa shape index (κ1) is 30.7. The van der Waals surface area contributed by atoms with Crippen molar-refractivity contribution in [2.24, 2.45) is 0 Å². The molecule has 0 aliphatic carbocycles. The molecule has 0 spiro atoms. The number of hydrogen-bond acceptors (Lipinski definition) is 8. The van der Waals surface area contributed by atoms with Gasteiger partial charge in [0.1, 0.15) is 22.1 Å². The van der Waals surface area contributed by atoms with Crippen LogP contribution in [0.25, 0.3) is 0 Å². The molecule has 0 radical (unpaired) electrons. The van der Waals surface area contributed by atoms with Gasteiger partial charge in [-0.3, -0.25) is 19.3 Å². The minimum absolute atomic E-state index is 0.220. The predicted molar refractivity (Wildman–Crippen MR) is 164 cm³/mol. The van der Waals surface area contributed by atoms with Gasteiger partial charge in [0.15, 0.2) is 0 Å². The molecular formula is C32H35N3O6S. The number of hydrogen-bond donors (Lipinski definition) is 2. The molecule has 4 rings (SSSR count). The van der Waals surface area contributed by atoms with E-state index in [9.17, 15) is 14.4 Å². The smallest absolute Gasteiger partial charge is 0.278 e. The van der Waals surface area contributed by atoms with Crippen LogP contribution in [0, 0.1) is 0 Å². The quantitative estimate of drug-likeness (QED) is 0.188. The highest BCUT2D eigenvalue weighted by Gasteiger charge is 2.39. The first-order valence-electron chi connectivity index (χ1n) is 13.5. The lowest BCUT2D eigenvalue weighted by Crippen LogP contribution is -2.33. The molecule has 3 amide bonds. The van der Waals surface area contributed by atoms with E-state index in [1.54, 1.807) is 43.5 Å². The van der Waals surface area contributed by atoms with Gasteiger partial charge in [0.05, 0.1) is 19.8 Å². The minimum Gasteiger partial charge on any atom is -0.497 e. The maximum absolute atomic E-state index is 13.5. The van der Waals surface area contributed by atoms with Crippen molar-refractivity contribution >= 4 is 40.9 Å². The van der Waals surface area contributed by atoms with Gasteiger partial charge >= 0.3 is 0 Å². The van der Waals surface area contributed by atoms with Crippen LogP contribution in [-0.2, 0) is 14.3 Å². The second-order valence-corrected chi connectivity index (χ2v) is 10.9. The topological polar surface area (TPSA) is 106 Å². The van der Waals surface area contributed by atoms with Gasteiger partial charge in [-0.2, -0.15) is 0 Å². The summed E-state index contributed by atoms with van der Waals surface area (Å²) in [6.45, 7) is 4.90. The highest BCUT2D eigenvalue weighted by Crippen LogP contribution is 2.37. The van der Waals surface area contributed by atoms with Crippen LogP contribution < -0.4 is 20.1 Å².